The number of carboxylic acids is 1. The zero-order valence-electron chi connectivity index (χ0n) is 15.9. The summed E-state index contributed by atoms with van der Waals surface area (Å²) in [6.45, 7) is 3.52. The van der Waals surface area contributed by atoms with Crippen LogP contribution in [0.25, 0.3) is 0 Å². The third-order valence-electron chi connectivity index (χ3n) is 5.28. The van der Waals surface area contributed by atoms with Gasteiger partial charge in [-0.05, 0) is 45.1 Å². The molecule has 0 saturated heterocycles. The van der Waals surface area contributed by atoms with Crippen molar-refractivity contribution in [3.05, 3.63) is 35.4 Å². The lowest BCUT2D eigenvalue weighted by Gasteiger charge is -2.29. The Morgan fingerprint density at radius 2 is 1.67 bits per heavy atom. The van der Waals surface area contributed by atoms with Gasteiger partial charge in [0.1, 0.15) is 0 Å². The van der Waals surface area contributed by atoms with E-state index in [2.05, 4.69) is 10.6 Å². The maximum absolute atomic E-state index is 12.5. The quantitative estimate of drug-likeness (QED) is 0.683. The van der Waals surface area contributed by atoms with E-state index < -0.39 is 33.1 Å². The molecule has 2 unspecified atom stereocenters. The van der Waals surface area contributed by atoms with Gasteiger partial charge in [0.05, 0.1) is 17.2 Å². The Hall–Kier alpha value is -2.09. The van der Waals surface area contributed by atoms with Gasteiger partial charge in [-0.2, -0.15) is 0 Å². The highest BCUT2D eigenvalue weighted by molar-refractivity contribution is 7.91. The van der Waals surface area contributed by atoms with E-state index >= 15 is 0 Å². The van der Waals surface area contributed by atoms with Crippen molar-refractivity contribution in [2.45, 2.75) is 56.9 Å². The highest BCUT2D eigenvalue weighted by Gasteiger charge is 2.31. The van der Waals surface area contributed by atoms with Crippen LogP contribution >= 0.6 is 0 Å². The van der Waals surface area contributed by atoms with Crippen LogP contribution in [0.1, 0.15) is 49.8 Å². The van der Waals surface area contributed by atoms with E-state index in [1.165, 1.54) is 0 Å². The second kappa shape index (κ2) is 8.73. The van der Waals surface area contributed by atoms with Crippen LogP contribution in [-0.2, 0) is 14.6 Å². The summed E-state index contributed by atoms with van der Waals surface area (Å²) in [5, 5.41) is 13.9. The molecule has 2 amide bonds. The fourth-order valence-corrected chi connectivity index (χ4v) is 4.07. The molecular formula is C19H28N2O5S. The number of amides is 2. The van der Waals surface area contributed by atoms with Gasteiger partial charge in [-0.1, -0.05) is 29.8 Å². The van der Waals surface area contributed by atoms with Gasteiger partial charge < -0.3 is 15.7 Å². The van der Waals surface area contributed by atoms with Gasteiger partial charge in [0.25, 0.3) is 0 Å². The Morgan fingerprint density at radius 3 is 2.15 bits per heavy atom. The van der Waals surface area contributed by atoms with Gasteiger partial charge in [0.2, 0.25) is 0 Å². The first-order valence-corrected chi connectivity index (χ1v) is 11.1. The topological polar surface area (TPSA) is 113 Å². The van der Waals surface area contributed by atoms with Crippen molar-refractivity contribution in [1.29, 1.82) is 0 Å². The zero-order chi connectivity index (χ0) is 20.2. The van der Waals surface area contributed by atoms with Gasteiger partial charge in [-0.15, -0.1) is 0 Å². The third kappa shape index (κ3) is 5.95. The van der Waals surface area contributed by atoms with Crippen molar-refractivity contribution in [3.63, 3.8) is 0 Å². The second-order valence-corrected chi connectivity index (χ2v) is 9.83. The molecule has 0 aromatic heterocycles. The molecule has 3 N–H and O–H groups in total. The maximum atomic E-state index is 12.5. The number of aliphatic carboxylic acids is 1. The normalized spacial score (nSPS) is 22.5. The lowest BCUT2D eigenvalue weighted by atomic mass is 9.86. The van der Waals surface area contributed by atoms with E-state index in [1.54, 1.807) is 6.92 Å². The summed E-state index contributed by atoms with van der Waals surface area (Å²) in [6, 6.07) is 6.19. The first kappa shape index (κ1) is 21.2. The highest BCUT2D eigenvalue weighted by atomic mass is 32.2. The number of benzene rings is 1. The molecule has 0 bridgehead atoms. The summed E-state index contributed by atoms with van der Waals surface area (Å²) in [4.78, 5) is 23.5. The van der Waals surface area contributed by atoms with Gasteiger partial charge >= 0.3 is 12.0 Å². The van der Waals surface area contributed by atoms with E-state index in [9.17, 15) is 18.0 Å². The van der Waals surface area contributed by atoms with Gasteiger partial charge in [-0.3, -0.25) is 4.79 Å². The molecule has 2 atom stereocenters. The van der Waals surface area contributed by atoms with E-state index in [-0.39, 0.29) is 12.0 Å². The summed E-state index contributed by atoms with van der Waals surface area (Å²) in [6.07, 6.45) is 3.41. The summed E-state index contributed by atoms with van der Waals surface area (Å²) in [5.74, 6) is -1.14. The van der Waals surface area contributed by atoms with E-state index in [4.69, 9.17) is 5.11 Å². The number of nitrogens with one attached hydrogen (secondary N) is 2. The van der Waals surface area contributed by atoms with Crippen LogP contribution in [0.15, 0.2) is 24.3 Å². The fraction of sp³-hybridized carbons (Fsp3) is 0.579. The third-order valence-corrected chi connectivity index (χ3v) is 6.90. The minimum atomic E-state index is -3.36. The van der Waals surface area contributed by atoms with Gasteiger partial charge in [0, 0.05) is 12.3 Å². The molecule has 1 aromatic carbocycles. The lowest BCUT2D eigenvalue weighted by molar-refractivity contribution is -0.142. The molecule has 8 heteroatoms. The zero-order valence-corrected chi connectivity index (χ0v) is 16.8. The predicted molar refractivity (Wildman–Crippen MR) is 103 cm³/mol. The standard InChI is InChI=1S/C19H28N2O5S/c1-12-4-6-14(7-5-12)17(13(2)27(3,25)26)21-19(24)20-16-10-8-15(9-11-16)18(22)23/h4-7,13,15-17H,8-11H2,1-3H3,(H,22,23)(H2,20,21,24). The van der Waals surface area contributed by atoms with Crippen molar-refractivity contribution < 1.29 is 23.1 Å². The molecule has 0 radical (unpaired) electrons. The van der Waals surface area contributed by atoms with Crippen molar-refractivity contribution in [2.75, 3.05) is 6.26 Å². The van der Waals surface area contributed by atoms with E-state index in [0.29, 0.717) is 25.7 Å². The Morgan fingerprint density at radius 1 is 1.11 bits per heavy atom. The highest BCUT2D eigenvalue weighted by Crippen LogP contribution is 2.25. The SMILES string of the molecule is Cc1ccc(C(NC(=O)NC2CCC(C(=O)O)CC2)C(C)S(C)(=O)=O)cc1. The molecule has 0 heterocycles. The molecule has 1 aliphatic carbocycles. The predicted octanol–water partition coefficient (Wildman–Crippen LogP) is 2.41. The van der Waals surface area contributed by atoms with Crippen LogP contribution in [0.4, 0.5) is 4.79 Å². The lowest BCUT2D eigenvalue weighted by Crippen LogP contribution is -2.48. The number of hydrogen-bond donors (Lipinski definition) is 3. The van der Waals surface area contributed by atoms with Gasteiger partial charge in [0.15, 0.2) is 9.84 Å². The average Bonchev–Trinajstić information content (AvgIpc) is 2.59. The Bertz CT molecular complexity index is 768. The average molecular weight is 397 g/mol. The first-order chi connectivity index (χ1) is 12.6. The number of carbonyl (C=O) groups is 2. The number of carbonyl (C=O) groups excluding carboxylic acids is 1. The van der Waals surface area contributed by atoms with E-state index in [0.717, 1.165) is 17.4 Å². The number of hydrogen-bond acceptors (Lipinski definition) is 4. The number of urea groups is 1. The summed E-state index contributed by atoms with van der Waals surface area (Å²) in [7, 11) is -3.36. The van der Waals surface area contributed by atoms with Crippen molar-refractivity contribution >= 4 is 21.8 Å². The molecular weight excluding hydrogens is 368 g/mol. The first-order valence-electron chi connectivity index (χ1n) is 9.13. The van der Waals surface area contributed by atoms with Gasteiger partial charge in [-0.25, -0.2) is 13.2 Å². The van der Waals surface area contributed by atoms with Crippen LogP contribution in [0, 0.1) is 12.8 Å². The number of sulfone groups is 1. The molecule has 0 spiro atoms. The number of aryl methyl sites for hydroxylation is 1. The van der Waals surface area contributed by atoms with Crippen molar-refractivity contribution in [2.24, 2.45) is 5.92 Å². The molecule has 1 saturated carbocycles. The summed E-state index contributed by atoms with van der Waals surface area (Å²) < 4.78 is 24.1. The monoisotopic (exact) mass is 396 g/mol. The smallest absolute Gasteiger partial charge is 0.315 e. The minimum absolute atomic E-state index is 0.104. The number of carboxylic acid groups (broad SMARTS) is 1. The molecule has 7 nitrogen and oxygen atoms in total. The molecule has 1 fully saturated rings. The van der Waals surface area contributed by atoms with Crippen LogP contribution in [0.2, 0.25) is 0 Å². The second-order valence-electron chi connectivity index (χ2n) is 7.43. The van der Waals surface area contributed by atoms with E-state index in [1.807, 2.05) is 31.2 Å². The van der Waals surface area contributed by atoms with Crippen LogP contribution < -0.4 is 10.6 Å². The Kier molecular flexibility index (Phi) is 6.86. The van der Waals surface area contributed by atoms with Crippen LogP contribution in [0.5, 0.6) is 0 Å². The summed E-state index contributed by atoms with van der Waals surface area (Å²) in [5.41, 5.74) is 1.77. The molecule has 0 aliphatic heterocycles. The van der Waals surface area contributed by atoms with Crippen LogP contribution in [-0.4, -0.2) is 43.1 Å². The Balaban J connectivity index is 2.05. The minimum Gasteiger partial charge on any atom is -0.481 e. The van der Waals surface area contributed by atoms with Crippen LogP contribution in [0.3, 0.4) is 0 Å². The van der Waals surface area contributed by atoms with Crippen molar-refractivity contribution in [3.8, 4) is 0 Å². The number of rotatable bonds is 6. The molecule has 150 valence electrons. The Labute approximate surface area is 160 Å². The fourth-order valence-electron chi connectivity index (χ4n) is 3.35. The van der Waals surface area contributed by atoms with Crippen molar-refractivity contribution in [1.82, 2.24) is 10.6 Å². The molecule has 1 aromatic rings. The molecule has 27 heavy (non-hydrogen) atoms. The molecule has 2 rings (SSSR count). The largest absolute Gasteiger partial charge is 0.481 e. The maximum Gasteiger partial charge on any atom is 0.315 e. The summed E-state index contributed by atoms with van der Waals surface area (Å²) >= 11 is 0. The molecule has 1 aliphatic rings.